The molecule has 0 saturated heterocycles. The van der Waals surface area contributed by atoms with Crippen molar-refractivity contribution >= 4 is 5.78 Å². The molecule has 0 bridgehead atoms. The van der Waals surface area contributed by atoms with E-state index < -0.39 is 0 Å². The molecule has 0 fully saturated rings. The third kappa shape index (κ3) is 3.02. The summed E-state index contributed by atoms with van der Waals surface area (Å²) in [6, 6.07) is 15.2. The normalized spacial score (nSPS) is 10.5. The van der Waals surface area contributed by atoms with E-state index in [0.717, 1.165) is 11.3 Å². The standard InChI is InChI=1S/C16H12FN3O/c17-13-8-6-12(7-9-13)10-16(21)15-11-18-20(19-15)14-4-2-1-3-5-14/h1-9,11H,10H2. The topological polar surface area (TPSA) is 47.8 Å². The maximum absolute atomic E-state index is 12.8. The van der Waals surface area contributed by atoms with Gasteiger partial charge in [0.05, 0.1) is 11.9 Å². The first-order valence-electron chi connectivity index (χ1n) is 6.48. The number of nitrogens with zero attached hydrogens (tertiary/aromatic N) is 3. The first-order chi connectivity index (χ1) is 10.2. The number of Topliss-reactive ketones (excluding diaryl/α,β-unsaturated/α-hetero) is 1. The quantitative estimate of drug-likeness (QED) is 0.691. The van der Waals surface area contributed by atoms with Crippen LogP contribution in [0.3, 0.4) is 0 Å². The van der Waals surface area contributed by atoms with Crippen LogP contribution in [0.1, 0.15) is 16.1 Å². The number of hydrogen-bond donors (Lipinski definition) is 0. The minimum Gasteiger partial charge on any atom is -0.292 e. The van der Waals surface area contributed by atoms with Crippen LogP contribution in [0.15, 0.2) is 60.8 Å². The molecule has 2 aromatic carbocycles. The van der Waals surface area contributed by atoms with Crippen molar-refractivity contribution in [3.8, 4) is 5.69 Å². The Balaban J connectivity index is 1.77. The van der Waals surface area contributed by atoms with Crippen molar-refractivity contribution in [1.29, 1.82) is 0 Å². The average Bonchev–Trinajstić information content (AvgIpc) is 3.00. The van der Waals surface area contributed by atoms with Crippen LogP contribution in [0.4, 0.5) is 4.39 Å². The van der Waals surface area contributed by atoms with Crippen LogP contribution in [0.2, 0.25) is 0 Å². The molecule has 0 radical (unpaired) electrons. The van der Waals surface area contributed by atoms with E-state index in [1.807, 2.05) is 30.3 Å². The Kier molecular flexibility index (Phi) is 3.55. The van der Waals surface area contributed by atoms with E-state index in [1.165, 1.54) is 23.1 Å². The van der Waals surface area contributed by atoms with Gasteiger partial charge >= 0.3 is 0 Å². The lowest BCUT2D eigenvalue weighted by atomic mass is 10.1. The third-order valence-corrected chi connectivity index (χ3v) is 3.04. The van der Waals surface area contributed by atoms with Gasteiger partial charge in [0.1, 0.15) is 11.5 Å². The zero-order chi connectivity index (χ0) is 14.7. The van der Waals surface area contributed by atoms with E-state index in [9.17, 15) is 9.18 Å². The molecular weight excluding hydrogens is 269 g/mol. The Labute approximate surface area is 120 Å². The van der Waals surface area contributed by atoms with Crippen LogP contribution >= 0.6 is 0 Å². The molecule has 4 nitrogen and oxygen atoms in total. The maximum Gasteiger partial charge on any atom is 0.189 e. The molecule has 0 atom stereocenters. The summed E-state index contributed by atoms with van der Waals surface area (Å²) in [7, 11) is 0. The summed E-state index contributed by atoms with van der Waals surface area (Å²) in [6.07, 6.45) is 1.62. The number of aromatic nitrogens is 3. The van der Waals surface area contributed by atoms with Gasteiger partial charge in [0.15, 0.2) is 5.78 Å². The Hall–Kier alpha value is -2.82. The second-order valence-corrected chi connectivity index (χ2v) is 4.58. The van der Waals surface area contributed by atoms with E-state index in [-0.39, 0.29) is 18.0 Å². The Morgan fingerprint density at radius 3 is 2.48 bits per heavy atom. The summed E-state index contributed by atoms with van der Waals surface area (Å²) in [4.78, 5) is 13.5. The van der Waals surface area contributed by atoms with Gasteiger partial charge in [-0.25, -0.2) is 4.39 Å². The second kappa shape index (κ2) is 5.66. The number of carbonyl (C=O) groups excluding carboxylic acids is 1. The zero-order valence-corrected chi connectivity index (χ0v) is 11.1. The van der Waals surface area contributed by atoms with Crippen LogP contribution in [0, 0.1) is 5.82 Å². The second-order valence-electron chi connectivity index (χ2n) is 4.58. The van der Waals surface area contributed by atoms with Gasteiger partial charge in [-0.1, -0.05) is 30.3 Å². The number of halogens is 1. The maximum atomic E-state index is 12.8. The highest BCUT2D eigenvalue weighted by molar-refractivity contribution is 5.95. The highest BCUT2D eigenvalue weighted by atomic mass is 19.1. The van der Waals surface area contributed by atoms with Crippen LogP contribution in [-0.4, -0.2) is 20.8 Å². The van der Waals surface area contributed by atoms with Crippen molar-refractivity contribution in [2.24, 2.45) is 0 Å². The summed E-state index contributed by atoms with van der Waals surface area (Å²) >= 11 is 0. The average molecular weight is 281 g/mol. The van der Waals surface area contributed by atoms with Gasteiger partial charge in [0, 0.05) is 6.42 Å². The molecule has 0 unspecified atom stereocenters. The molecule has 3 aromatic rings. The molecular formula is C16H12FN3O. The molecule has 5 heteroatoms. The highest BCUT2D eigenvalue weighted by Crippen LogP contribution is 2.09. The largest absolute Gasteiger partial charge is 0.292 e. The first kappa shape index (κ1) is 13.2. The van der Waals surface area contributed by atoms with Crippen LogP contribution in [0.5, 0.6) is 0 Å². The van der Waals surface area contributed by atoms with Crippen LogP contribution in [0.25, 0.3) is 5.69 Å². The molecule has 0 saturated carbocycles. The summed E-state index contributed by atoms with van der Waals surface area (Å²) < 4.78 is 12.8. The summed E-state index contributed by atoms with van der Waals surface area (Å²) in [5.41, 5.74) is 1.83. The van der Waals surface area contributed by atoms with E-state index in [2.05, 4.69) is 10.2 Å². The van der Waals surface area contributed by atoms with E-state index in [0.29, 0.717) is 5.69 Å². The Morgan fingerprint density at radius 1 is 1.05 bits per heavy atom. The lowest BCUT2D eigenvalue weighted by molar-refractivity contribution is 0.0988. The van der Waals surface area contributed by atoms with Crippen molar-refractivity contribution < 1.29 is 9.18 Å². The molecule has 1 aromatic heterocycles. The van der Waals surface area contributed by atoms with Crippen molar-refractivity contribution in [3.05, 3.63) is 77.9 Å². The fourth-order valence-electron chi connectivity index (χ4n) is 1.95. The zero-order valence-electron chi connectivity index (χ0n) is 11.1. The van der Waals surface area contributed by atoms with Gasteiger partial charge in [0.2, 0.25) is 0 Å². The van der Waals surface area contributed by atoms with Crippen LogP contribution < -0.4 is 0 Å². The summed E-state index contributed by atoms with van der Waals surface area (Å²) in [5, 5.41) is 8.26. The molecule has 0 spiro atoms. The fourth-order valence-corrected chi connectivity index (χ4v) is 1.95. The van der Waals surface area contributed by atoms with Crippen molar-refractivity contribution in [2.45, 2.75) is 6.42 Å². The summed E-state index contributed by atoms with van der Waals surface area (Å²) in [5.74, 6) is -0.468. The van der Waals surface area contributed by atoms with Crippen molar-refractivity contribution in [2.75, 3.05) is 0 Å². The van der Waals surface area contributed by atoms with Gasteiger partial charge < -0.3 is 0 Å². The third-order valence-electron chi connectivity index (χ3n) is 3.04. The number of hydrogen-bond acceptors (Lipinski definition) is 3. The minimum atomic E-state index is -0.318. The predicted octanol–water partition coefficient (Wildman–Crippen LogP) is 2.83. The highest BCUT2D eigenvalue weighted by Gasteiger charge is 2.12. The number of benzene rings is 2. The molecule has 0 amide bonds. The van der Waals surface area contributed by atoms with E-state index in [4.69, 9.17) is 0 Å². The Bertz CT molecular complexity index is 751. The van der Waals surface area contributed by atoms with Crippen molar-refractivity contribution in [3.63, 3.8) is 0 Å². The van der Waals surface area contributed by atoms with Gasteiger partial charge in [-0.3, -0.25) is 4.79 Å². The number of ketones is 1. The van der Waals surface area contributed by atoms with Gasteiger partial charge in [-0.15, -0.1) is 5.10 Å². The monoisotopic (exact) mass is 281 g/mol. The van der Waals surface area contributed by atoms with Crippen molar-refractivity contribution in [1.82, 2.24) is 15.0 Å². The molecule has 0 aliphatic rings. The molecule has 0 N–H and O–H groups in total. The van der Waals surface area contributed by atoms with Gasteiger partial charge in [0.25, 0.3) is 0 Å². The minimum absolute atomic E-state index is 0.149. The molecule has 104 valence electrons. The SMILES string of the molecule is O=C(Cc1ccc(F)cc1)c1cnn(-c2ccccc2)n1. The van der Waals surface area contributed by atoms with Gasteiger partial charge in [-0.2, -0.15) is 9.90 Å². The number of rotatable bonds is 4. The summed E-state index contributed by atoms with van der Waals surface area (Å²) in [6.45, 7) is 0. The Morgan fingerprint density at radius 2 is 1.76 bits per heavy atom. The lowest BCUT2D eigenvalue weighted by Gasteiger charge is -1.99. The predicted molar refractivity (Wildman–Crippen MR) is 75.8 cm³/mol. The van der Waals surface area contributed by atoms with Crippen LogP contribution in [-0.2, 0) is 6.42 Å². The number of para-hydroxylation sites is 1. The smallest absolute Gasteiger partial charge is 0.189 e. The lowest BCUT2D eigenvalue weighted by Crippen LogP contribution is -2.06. The molecule has 1 heterocycles. The molecule has 21 heavy (non-hydrogen) atoms. The molecule has 0 aliphatic carbocycles. The molecule has 3 rings (SSSR count). The first-order valence-corrected chi connectivity index (χ1v) is 6.48. The van der Waals surface area contributed by atoms with E-state index >= 15 is 0 Å². The van der Waals surface area contributed by atoms with Gasteiger partial charge in [-0.05, 0) is 29.8 Å². The fraction of sp³-hybridized carbons (Fsp3) is 0.0625. The molecule has 0 aliphatic heterocycles. The number of carbonyl (C=O) groups is 1. The van der Waals surface area contributed by atoms with E-state index in [1.54, 1.807) is 12.1 Å².